The molecule has 1 fully saturated rings. The summed E-state index contributed by atoms with van der Waals surface area (Å²) >= 11 is 0. The van der Waals surface area contributed by atoms with Crippen LogP contribution in [0.15, 0.2) is 78.4 Å². The average Bonchev–Trinajstić information content (AvgIpc) is 3.13. The summed E-state index contributed by atoms with van der Waals surface area (Å²) in [6, 6.07) is 22.1. The van der Waals surface area contributed by atoms with Crippen LogP contribution < -0.4 is 9.64 Å². The molecular weight excluding hydrogens is 440 g/mol. The molecule has 176 valence electrons. The first-order valence-corrected chi connectivity index (χ1v) is 11.2. The number of carbonyl (C=O) groups excluding carboxylic acids is 2. The van der Waals surface area contributed by atoms with E-state index in [4.69, 9.17) is 10.00 Å². The van der Waals surface area contributed by atoms with Gasteiger partial charge in [0.15, 0.2) is 0 Å². The van der Waals surface area contributed by atoms with E-state index in [0.29, 0.717) is 28.1 Å². The van der Waals surface area contributed by atoms with Gasteiger partial charge in [-0.2, -0.15) is 5.26 Å². The Morgan fingerprint density at radius 1 is 0.971 bits per heavy atom. The highest BCUT2D eigenvalue weighted by atomic mass is 16.5. The van der Waals surface area contributed by atoms with Gasteiger partial charge in [0, 0.05) is 5.69 Å². The molecule has 0 radical (unpaired) electrons. The summed E-state index contributed by atoms with van der Waals surface area (Å²) in [5, 5.41) is 20.5. The van der Waals surface area contributed by atoms with Gasteiger partial charge >= 0.3 is 0 Å². The van der Waals surface area contributed by atoms with Gasteiger partial charge in [-0.1, -0.05) is 57.2 Å². The number of carbonyl (C=O) groups is 2. The molecule has 1 heterocycles. The van der Waals surface area contributed by atoms with Crippen LogP contribution in [-0.4, -0.2) is 23.9 Å². The summed E-state index contributed by atoms with van der Waals surface area (Å²) in [6.07, 6.45) is 0. The van der Waals surface area contributed by atoms with Crippen LogP contribution in [0.4, 0.5) is 5.69 Å². The molecule has 0 bridgehead atoms. The van der Waals surface area contributed by atoms with E-state index in [1.54, 1.807) is 48.5 Å². The number of rotatable bonds is 4. The largest absolute Gasteiger partial charge is 0.507 e. The molecule has 1 saturated heterocycles. The second kappa shape index (κ2) is 9.11. The molecule has 1 atom stereocenters. The Hall–Kier alpha value is -4.37. The number of hydrogen-bond acceptors (Lipinski definition) is 5. The van der Waals surface area contributed by atoms with Crippen LogP contribution in [0, 0.1) is 11.3 Å². The number of nitriles is 1. The highest BCUT2D eigenvalue weighted by molar-refractivity contribution is 6.51. The predicted octanol–water partition coefficient (Wildman–Crippen LogP) is 5.49. The number of methoxy groups -OCH3 is 1. The molecule has 0 aromatic heterocycles. The number of Topliss-reactive ketones (excluding diaryl/α,β-unsaturated/α-hetero) is 1. The fraction of sp³-hybridized carbons (Fsp3) is 0.207. The lowest BCUT2D eigenvalue weighted by atomic mass is 9.85. The van der Waals surface area contributed by atoms with Crippen molar-refractivity contribution in [1.29, 1.82) is 5.26 Å². The van der Waals surface area contributed by atoms with Crippen molar-refractivity contribution in [2.24, 2.45) is 0 Å². The number of benzene rings is 3. The fourth-order valence-corrected chi connectivity index (χ4v) is 4.26. The number of ether oxygens (including phenoxy) is 1. The molecule has 35 heavy (non-hydrogen) atoms. The molecule has 1 N–H and O–H groups in total. The lowest BCUT2D eigenvalue weighted by Gasteiger charge is -2.26. The van der Waals surface area contributed by atoms with Crippen LogP contribution in [-0.2, 0) is 15.0 Å². The van der Waals surface area contributed by atoms with E-state index < -0.39 is 17.7 Å². The van der Waals surface area contributed by atoms with Crippen molar-refractivity contribution in [3.05, 3.63) is 101 Å². The summed E-state index contributed by atoms with van der Waals surface area (Å²) in [7, 11) is 1.48. The fourth-order valence-electron chi connectivity index (χ4n) is 4.26. The summed E-state index contributed by atoms with van der Waals surface area (Å²) in [6.45, 7) is 6.31. The predicted molar refractivity (Wildman–Crippen MR) is 134 cm³/mol. The van der Waals surface area contributed by atoms with E-state index in [1.807, 2.05) is 24.3 Å². The first kappa shape index (κ1) is 23.8. The number of hydrogen-bond donors (Lipinski definition) is 1. The third-order valence-corrected chi connectivity index (χ3v) is 6.17. The lowest BCUT2D eigenvalue weighted by Crippen LogP contribution is -2.29. The molecule has 1 unspecified atom stereocenters. The molecule has 1 amide bonds. The van der Waals surface area contributed by atoms with Gasteiger partial charge in [-0.3, -0.25) is 14.5 Å². The average molecular weight is 467 g/mol. The van der Waals surface area contributed by atoms with Crippen LogP contribution in [0.2, 0.25) is 0 Å². The van der Waals surface area contributed by atoms with Crippen LogP contribution in [0.25, 0.3) is 5.76 Å². The number of anilines is 1. The summed E-state index contributed by atoms with van der Waals surface area (Å²) in [5.74, 6) is -1.46. The second-order valence-electron chi connectivity index (χ2n) is 9.40. The molecule has 0 saturated carbocycles. The summed E-state index contributed by atoms with van der Waals surface area (Å²) < 4.78 is 5.38. The highest BCUT2D eigenvalue weighted by Gasteiger charge is 2.47. The monoisotopic (exact) mass is 466 g/mol. The smallest absolute Gasteiger partial charge is 0.300 e. The van der Waals surface area contributed by atoms with Crippen molar-refractivity contribution < 1.29 is 19.4 Å². The Kier molecular flexibility index (Phi) is 6.19. The first-order chi connectivity index (χ1) is 16.7. The quantitative estimate of drug-likeness (QED) is 0.312. The number of ketones is 1. The van der Waals surface area contributed by atoms with Crippen molar-refractivity contribution in [2.75, 3.05) is 12.0 Å². The number of nitrogens with zero attached hydrogens (tertiary/aromatic N) is 2. The van der Waals surface area contributed by atoms with Crippen molar-refractivity contribution in [3.63, 3.8) is 0 Å². The Labute approximate surface area is 204 Å². The summed E-state index contributed by atoms with van der Waals surface area (Å²) in [5.41, 5.74) is 2.89. The van der Waals surface area contributed by atoms with Crippen LogP contribution >= 0.6 is 0 Å². The molecule has 0 spiro atoms. The number of para-hydroxylation sites is 1. The summed E-state index contributed by atoms with van der Waals surface area (Å²) in [4.78, 5) is 28.0. The Balaban J connectivity index is 1.94. The van der Waals surface area contributed by atoms with Gasteiger partial charge in [-0.15, -0.1) is 0 Å². The maximum absolute atomic E-state index is 13.3. The van der Waals surface area contributed by atoms with Gasteiger partial charge in [-0.25, -0.2) is 0 Å². The Morgan fingerprint density at radius 2 is 1.60 bits per heavy atom. The zero-order valence-electron chi connectivity index (χ0n) is 20.1. The van der Waals surface area contributed by atoms with Gasteiger partial charge < -0.3 is 9.84 Å². The third kappa shape index (κ3) is 4.29. The van der Waals surface area contributed by atoms with Crippen molar-refractivity contribution in [1.82, 2.24) is 0 Å². The number of amides is 1. The molecule has 4 rings (SSSR count). The zero-order chi connectivity index (χ0) is 25.3. The van der Waals surface area contributed by atoms with E-state index in [9.17, 15) is 14.7 Å². The van der Waals surface area contributed by atoms with Gasteiger partial charge in [-0.05, 0) is 52.9 Å². The third-order valence-electron chi connectivity index (χ3n) is 6.17. The minimum Gasteiger partial charge on any atom is -0.507 e. The molecule has 3 aromatic carbocycles. The van der Waals surface area contributed by atoms with E-state index in [-0.39, 0.29) is 16.7 Å². The van der Waals surface area contributed by atoms with Gasteiger partial charge in [0.05, 0.1) is 35.9 Å². The van der Waals surface area contributed by atoms with Gasteiger partial charge in [0.2, 0.25) is 0 Å². The molecule has 1 aliphatic rings. The minimum atomic E-state index is -0.859. The lowest BCUT2D eigenvalue weighted by molar-refractivity contribution is -0.132. The molecule has 0 aliphatic carbocycles. The van der Waals surface area contributed by atoms with Crippen molar-refractivity contribution in [2.45, 2.75) is 32.2 Å². The maximum Gasteiger partial charge on any atom is 0.300 e. The Bertz CT molecular complexity index is 1360. The van der Waals surface area contributed by atoms with E-state index in [1.165, 1.54) is 12.0 Å². The normalized spacial score (nSPS) is 17.3. The van der Waals surface area contributed by atoms with E-state index >= 15 is 0 Å². The standard InChI is InChI=1S/C29H26N2O4/c1-29(2,3)20-13-11-19(12-14-20)25-24(26(32)22-7-5-6-8-23(22)35-4)27(33)28(34)31(25)21-15-9-18(17-30)10-16-21/h5-16,25,32H,1-4H3/b26-24-. The van der Waals surface area contributed by atoms with Gasteiger partial charge in [0.25, 0.3) is 11.7 Å². The molecule has 1 aliphatic heterocycles. The first-order valence-electron chi connectivity index (χ1n) is 11.2. The maximum atomic E-state index is 13.3. The zero-order valence-corrected chi connectivity index (χ0v) is 20.1. The van der Waals surface area contributed by atoms with Crippen molar-refractivity contribution >= 4 is 23.1 Å². The van der Waals surface area contributed by atoms with Crippen LogP contribution in [0.5, 0.6) is 5.75 Å². The number of aliphatic hydroxyl groups excluding tert-OH is 1. The van der Waals surface area contributed by atoms with Crippen molar-refractivity contribution in [3.8, 4) is 11.8 Å². The molecule has 6 nitrogen and oxygen atoms in total. The Morgan fingerprint density at radius 3 is 2.17 bits per heavy atom. The van der Waals surface area contributed by atoms with E-state index in [2.05, 4.69) is 26.8 Å². The molecular formula is C29H26N2O4. The van der Waals surface area contributed by atoms with Crippen LogP contribution in [0.3, 0.4) is 0 Å². The van der Waals surface area contributed by atoms with Crippen LogP contribution in [0.1, 0.15) is 49.1 Å². The minimum absolute atomic E-state index is 0.0210. The van der Waals surface area contributed by atoms with Gasteiger partial charge in [0.1, 0.15) is 11.5 Å². The molecule has 3 aromatic rings. The molecule has 6 heteroatoms. The highest BCUT2D eigenvalue weighted by Crippen LogP contribution is 2.43. The van der Waals surface area contributed by atoms with E-state index in [0.717, 1.165) is 5.56 Å². The second-order valence-corrected chi connectivity index (χ2v) is 9.40. The topological polar surface area (TPSA) is 90.6 Å². The number of aliphatic hydroxyl groups is 1. The SMILES string of the molecule is COc1ccccc1/C(O)=C1/C(=O)C(=O)N(c2ccc(C#N)cc2)C1c1ccc(C(C)(C)C)cc1.